The zero-order chi connectivity index (χ0) is 21.8. The molecule has 1 aromatic heterocycles. The first-order valence-corrected chi connectivity index (χ1v) is 10.6. The van der Waals surface area contributed by atoms with Crippen molar-refractivity contribution >= 4 is 12.0 Å². The molecular weight excluding hydrogens is 390 g/mol. The zero-order valence-electron chi connectivity index (χ0n) is 17.9. The molecule has 1 fully saturated rings. The summed E-state index contributed by atoms with van der Waals surface area (Å²) >= 11 is 0. The van der Waals surface area contributed by atoms with Gasteiger partial charge in [-0.1, -0.05) is 30.3 Å². The van der Waals surface area contributed by atoms with Gasteiger partial charge in [0.1, 0.15) is 17.3 Å². The van der Waals surface area contributed by atoms with Crippen LogP contribution in [0.15, 0.2) is 48.5 Å². The van der Waals surface area contributed by atoms with Crippen LogP contribution in [0.3, 0.4) is 0 Å². The van der Waals surface area contributed by atoms with Crippen molar-refractivity contribution in [3.8, 4) is 22.6 Å². The number of nitrogens with zero attached hydrogens (tertiary/aromatic N) is 3. The standard InChI is InChI=1S/C25H27N3O3/c1-17-25(30)22(16-29)27-24(26-17)14-18-10-12-28(13-11-18)20-8-9-21(23(15-20)31-2)19-6-4-3-5-7-19/h3-9,15-16,18,30H,10-14H2,1-2H3. The van der Waals surface area contributed by atoms with E-state index in [9.17, 15) is 9.90 Å². The Morgan fingerprint density at radius 1 is 1.13 bits per heavy atom. The van der Waals surface area contributed by atoms with E-state index in [4.69, 9.17) is 4.74 Å². The summed E-state index contributed by atoms with van der Waals surface area (Å²) in [5.41, 5.74) is 3.92. The van der Waals surface area contributed by atoms with E-state index >= 15 is 0 Å². The lowest BCUT2D eigenvalue weighted by atomic mass is 9.92. The molecule has 0 saturated carbocycles. The molecule has 31 heavy (non-hydrogen) atoms. The fourth-order valence-corrected chi connectivity index (χ4v) is 4.21. The SMILES string of the molecule is COc1cc(N2CCC(Cc3nc(C)c(O)c(C=O)n3)CC2)ccc1-c1ccccc1. The van der Waals surface area contributed by atoms with E-state index in [-0.39, 0.29) is 11.4 Å². The summed E-state index contributed by atoms with van der Waals surface area (Å²) in [4.78, 5) is 22.1. The van der Waals surface area contributed by atoms with Crippen molar-refractivity contribution in [2.75, 3.05) is 25.1 Å². The molecular formula is C25H27N3O3. The molecule has 0 amide bonds. The van der Waals surface area contributed by atoms with Crippen molar-refractivity contribution in [1.29, 1.82) is 0 Å². The van der Waals surface area contributed by atoms with Gasteiger partial charge in [-0.05, 0) is 43.4 Å². The zero-order valence-corrected chi connectivity index (χ0v) is 17.9. The molecule has 0 spiro atoms. The number of aromatic nitrogens is 2. The Hall–Kier alpha value is -3.41. The third-order valence-electron chi connectivity index (χ3n) is 5.96. The highest BCUT2D eigenvalue weighted by Crippen LogP contribution is 2.35. The number of aryl methyl sites for hydroxylation is 1. The van der Waals surface area contributed by atoms with E-state index in [1.165, 1.54) is 0 Å². The van der Waals surface area contributed by atoms with Gasteiger partial charge in [0.05, 0.1) is 12.8 Å². The Morgan fingerprint density at radius 3 is 2.55 bits per heavy atom. The van der Waals surface area contributed by atoms with Crippen LogP contribution in [-0.4, -0.2) is 41.6 Å². The molecule has 2 heterocycles. The first-order valence-electron chi connectivity index (χ1n) is 10.6. The second-order valence-electron chi connectivity index (χ2n) is 7.96. The van der Waals surface area contributed by atoms with E-state index in [1.54, 1.807) is 14.0 Å². The van der Waals surface area contributed by atoms with E-state index in [2.05, 4.69) is 45.2 Å². The molecule has 6 heteroatoms. The summed E-state index contributed by atoms with van der Waals surface area (Å²) in [7, 11) is 1.71. The van der Waals surface area contributed by atoms with Gasteiger partial charge in [0.25, 0.3) is 0 Å². The van der Waals surface area contributed by atoms with Crippen molar-refractivity contribution in [3.63, 3.8) is 0 Å². The average Bonchev–Trinajstić information content (AvgIpc) is 2.82. The first-order chi connectivity index (χ1) is 15.1. The van der Waals surface area contributed by atoms with Gasteiger partial charge in [0, 0.05) is 36.8 Å². The summed E-state index contributed by atoms with van der Waals surface area (Å²) in [5.74, 6) is 1.83. The smallest absolute Gasteiger partial charge is 0.172 e. The topological polar surface area (TPSA) is 75.6 Å². The Morgan fingerprint density at radius 2 is 1.87 bits per heavy atom. The highest BCUT2D eigenvalue weighted by molar-refractivity contribution is 5.76. The van der Waals surface area contributed by atoms with Gasteiger partial charge < -0.3 is 14.7 Å². The van der Waals surface area contributed by atoms with Gasteiger partial charge >= 0.3 is 0 Å². The number of carbonyl (C=O) groups is 1. The number of piperidine rings is 1. The molecule has 0 radical (unpaired) electrons. The highest BCUT2D eigenvalue weighted by Gasteiger charge is 2.22. The molecule has 0 atom stereocenters. The molecule has 1 saturated heterocycles. The normalized spacial score (nSPS) is 14.5. The predicted octanol–water partition coefficient (Wildman–Crippen LogP) is 4.44. The minimum atomic E-state index is -0.124. The number of anilines is 1. The number of carbonyl (C=O) groups excluding carboxylic acids is 1. The van der Waals surface area contributed by atoms with Crippen molar-refractivity contribution in [2.24, 2.45) is 5.92 Å². The number of hydrogen-bond acceptors (Lipinski definition) is 6. The van der Waals surface area contributed by atoms with Crippen LogP contribution in [0.2, 0.25) is 0 Å². The van der Waals surface area contributed by atoms with Gasteiger partial charge in [-0.2, -0.15) is 0 Å². The summed E-state index contributed by atoms with van der Waals surface area (Å²) in [6, 6.07) is 16.7. The molecule has 0 aliphatic carbocycles. The van der Waals surface area contributed by atoms with Gasteiger partial charge in [-0.3, -0.25) is 4.79 Å². The van der Waals surface area contributed by atoms with Gasteiger partial charge in [0.15, 0.2) is 12.0 Å². The predicted molar refractivity (Wildman–Crippen MR) is 121 cm³/mol. The number of rotatable bonds is 6. The maximum Gasteiger partial charge on any atom is 0.172 e. The lowest BCUT2D eigenvalue weighted by Crippen LogP contribution is -2.34. The monoisotopic (exact) mass is 417 g/mol. The van der Waals surface area contributed by atoms with Gasteiger partial charge in [-0.25, -0.2) is 9.97 Å². The summed E-state index contributed by atoms with van der Waals surface area (Å²) in [6.07, 6.45) is 3.33. The highest BCUT2D eigenvalue weighted by atomic mass is 16.5. The van der Waals surface area contributed by atoms with Crippen LogP contribution in [0.4, 0.5) is 5.69 Å². The number of methoxy groups -OCH3 is 1. The Balaban J connectivity index is 1.43. The second-order valence-corrected chi connectivity index (χ2v) is 7.96. The molecule has 3 aromatic rings. The fraction of sp³-hybridized carbons (Fsp3) is 0.320. The van der Waals surface area contributed by atoms with Crippen LogP contribution >= 0.6 is 0 Å². The van der Waals surface area contributed by atoms with E-state index < -0.39 is 0 Å². The fourth-order valence-electron chi connectivity index (χ4n) is 4.21. The van der Waals surface area contributed by atoms with Crippen molar-refractivity contribution in [3.05, 3.63) is 65.7 Å². The maximum absolute atomic E-state index is 11.1. The van der Waals surface area contributed by atoms with Crippen LogP contribution in [0.1, 0.15) is 34.8 Å². The van der Waals surface area contributed by atoms with E-state index in [0.717, 1.165) is 48.5 Å². The molecule has 2 aromatic carbocycles. The Kier molecular flexibility index (Phi) is 6.16. The molecule has 0 bridgehead atoms. The Bertz CT molecular complexity index is 1060. The van der Waals surface area contributed by atoms with Gasteiger partial charge in [-0.15, -0.1) is 0 Å². The molecule has 6 nitrogen and oxygen atoms in total. The van der Waals surface area contributed by atoms with Crippen LogP contribution in [-0.2, 0) is 6.42 Å². The van der Waals surface area contributed by atoms with Crippen molar-refractivity contribution in [2.45, 2.75) is 26.2 Å². The molecule has 1 aliphatic rings. The second kappa shape index (κ2) is 9.16. The minimum Gasteiger partial charge on any atom is -0.504 e. The molecule has 1 aliphatic heterocycles. The van der Waals surface area contributed by atoms with Crippen molar-refractivity contribution in [1.82, 2.24) is 9.97 Å². The van der Waals surface area contributed by atoms with Crippen LogP contribution in [0.5, 0.6) is 11.5 Å². The third-order valence-corrected chi connectivity index (χ3v) is 5.96. The van der Waals surface area contributed by atoms with E-state index in [0.29, 0.717) is 30.1 Å². The van der Waals surface area contributed by atoms with Crippen molar-refractivity contribution < 1.29 is 14.6 Å². The number of aldehydes is 1. The summed E-state index contributed by atoms with van der Waals surface area (Å²) in [6.45, 7) is 3.58. The molecule has 160 valence electrons. The number of aromatic hydroxyl groups is 1. The third kappa shape index (κ3) is 4.53. The molecule has 0 unspecified atom stereocenters. The van der Waals surface area contributed by atoms with Crippen LogP contribution in [0.25, 0.3) is 11.1 Å². The summed E-state index contributed by atoms with van der Waals surface area (Å²) in [5, 5.41) is 9.85. The maximum atomic E-state index is 11.1. The lowest BCUT2D eigenvalue weighted by molar-refractivity contribution is 0.111. The summed E-state index contributed by atoms with van der Waals surface area (Å²) < 4.78 is 5.68. The van der Waals surface area contributed by atoms with E-state index in [1.807, 2.05) is 18.2 Å². The van der Waals surface area contributed by atoms with Crippen LogP contribution < -0.4 is 9.64 Å². The minimum absolute atomic E-state index is 0.0746. The number of ether oxygens (including phenoxy) is 1. The number of benzene rings is 2. The lowest BCUT2D eigenvalue weighted by Gasteiger charge is -2.33. The van der Waals surface area contributed by atoms with Crippen LogP contribution in [0, 0.1) is 12.8 Å². The number of hydrogen-bond donors (Lipinski definition) is 1. The quantitative estimate of drug-likeness (QED) is 0.598. The Labute approximate surface area is 182 Å². The molecule has 1 N–H and O–H groups in total. The first kappa shape index (κ1) is 20.8. The average molecular weight is 418 g/mol. The largest absolute Gasteiger partial charge is 0.504 e. The van der Waals surface area contributed by atoms with Gasteiger partial charge in [0.2, 0.25) is 0 Å². The molecule has 4 rings (SSSR count).